The minimum absolute atomic E-state index is 0.0187. The van der Waals surface area contributed by atoms with Crippen molar-refractivity contribution in [3.05, 3.63) is 130 Å². The molecular formula is C35H37Cl2N3O4S. The van der Waals surface area contributed by atoms with Gasteiger partial charge in [0, 0.05) is 24.5 Å². The Bertz CT molecular complexity index is 1720. The van der Waals surface area contributed by atoms with E-state index in [0.29, 0.717) is 6.54 Å². The lowest BCUT2D eigenvalue weighted by atomic mass is 10.0. The normalized spacial score (nSPS) is 12.0. The summed E-state index contributed by atoms with van der Waals surface area (Å²) in [6, 6.07) is 28.4. The van der Waals surface area contributed by atoms with Crippen molar-refractivity contribution in [2.75, 3.05) is 17.4 Å². The fourth-order valence-corrected chi connectivity index (χ4v) is 6.74. The topological polar surface area (TPSA) is 86.8 Å². The second-order valence-electron chi connectivity index (χ2n) is 11.2. The quantitative estimate of drug-likeness (QED) is 0.168. The Morgan fingerprint density at radius 3 is 2.11 bits per heavy atom. The average Bonchev–Trinajstić information content (AvgIpc) is 3.03. The van der Waals surface area contributed by atoms with Crippen LogP contribution in [0.4, 0.5) is 5.69 Å². The number of aryl methyl sites for hydroxylation is 1. The summed E-state index contributed by atoms with van der Waals surface area (Å²) in [6.07, 6.45) is 0.228. The molecule has 0 aliphatic rings. The van der Waals surface area contributed by atoms with E-state index in [0.717, 1.165) is 21.0 Å². The third-order valence-electron chi connectivity index (χ3n) is 7.34. The van der Waals surface area contributed by atoms with Gasteiger partial charge in [0.2, 0.25) is 11.8 Å². The van der Waals surface area contributed by atoms with E-state index in [1.54, 1.807) is 24.3 Å². The zero-order valence-corrected chi connectivity index (χ0v) is 27.8. The highest BCUT2D eigenvalue weighted by atomic mass is 35.5. The van der Waals surface area contributed by atoms with Crippen molar-refractivity contribution in [1.29, 1.82) is 0 Å². The first-order chi connectivity index (χ1) is 21.5. The van der Waals surface area contributed by atoms with E-state index in [1.807, 2.05) is 75.4 Å². The molecule has 2 amide bonds. The molecule has 236 valence electrons. The fourth-order valence-electron chi connectivity index (χ4n) is 4.86. The number of rotatable bonds is 13. The van der Waals surface area contributed by atoms with Gasteiger partial charge in [0.05, 0.1) is 15.6 Å². The van der Waals surface area contributed by atoms with Gasteiger partial charge in [-0.3, -0.25) is 13.9 Å². The number of carbonyl (C=O) groups excluding carboxylic acids is 2. The van der Waals surface area contributed by atoms with Gasteiger partial charge >= 0.3 is 0 Å². The Hall–Kier alpha value is -3.85. The Kier molecular flexibility index (Phi) is 11.7. The second-order valence-corrected chi connectivity index (χ2v) is 13.9. The van der Waals surface area contributed by atoms with E-state index < -0.39 is 28.5 Å². The molecule has 4 aromatic rings. The number of hydrogen-bond donors (Lipinski definition) is 1. The average molecular weight is 667 g/mol. The molecule has 0 saturated carbocycles. The number of amides is 2. The number of nitrogens with one attached hydrogen (secondary N) is 1. The molecule has 0 bridgehead atoms. The summed E-state index contributed by atoms with van der Waals surface area (Å²) >= 11 is 12.8. The predicted octanol–water partition coefficient (Wildman–Crippen LogP) is 6.91. The summed E-state index contributed by atoms with van der Waals surface area (Å²) in [4.78, 5) is 29.9. The number of nitrogens with zero attached hydrogens (tertiary/aromatic N) is 2. The third kappa shape index (κ3) is 8.87. The molecule has 0 unspecified atom stereocenters. The van der Waals surface area contributed by atoms with Crippen molar-refractivity contribution < 1.29 is 18.0 Å². The summed E-state index contributed by atoms with van der Waals surface area (Å²) < 4.78 is 29.2. The summed E-state index contributed by atoms with van der Waals surface area (Å²) in [6.45, 7) is 5.80. The van der Waals surface area contributed by atoms with Gasteiger partial charge in [0.1, 0.15) is 12.6 Å². The predicted molar refractivity (Wildman–Crippen MR) is 181 cm³/mol. The van der Waals surface area contributed by atoms with Gasteiger partial charge in [0.25, 0.3) is 10.0 Å². The first-order valence-corrected chi connectivity index (χ1v) is 16.9. The van der Waals surface area contributed by atoms with Crippen molar-refractivity contribution in [3.8, 4) is 0 Å². The lowest BCUT2D eigenvalue weighted by Gasteiger charge is -2.34. The number of sulfonamides is 1. The Morgan fingerprint density at radius 1 is 0.844 bits per heavy atom. The van der Waals surface area contributed by atoms with Crippen molar-refractivity contribution in [3.63, 3.8) is 0 Å². The summed E-state index contributed by atoms with van der Waals surface area (Å²) in [5.41, 5.74) is 2.68. The highest BCUT2D eigenvalue weighted by Gasteiger charge is 2.35. The van der Waals surface area contributed by atoms with Crippen LogP contribution in [0.5, 0.6) is 0 Å². The summed E-state index contributed by atoms with van der Waals surface area (Å²) in [5.74, 6) is -0.717. The second kappa shape index (κ2) is 15.4. The summed E-state index contributed by atoms with van der Waals surface area (Å²) in [5, 5.41) is 3.35. The molecule has 0 saturated heterocycles. The molecular weight excluding hydrogens is 629 g/mol. The van der Waals surface area contributed by atoms with Crippen LogP contribution in [0.25, 0.3) is 0 Å². The molecule has 4 aromatic carbocycles. The standard InChI is InChI=1S/C35H37Cl2N3O4S/c1-25(2)22-38-35(42)33(20-27-13-6-4-7-14-27)39(23-28-15-11-10-12-26(28)3)34(41)24-40(32-21-29(36)18-19-31(32)37)45(43,44)30-16-8-5-9-17-30/h4-19,21,25,33H,20,22-24H2,1-3H3,(H,38,42)/t33-/m0/s1. The van der Waals surface area contributed by atoms with E-state index in [9.17, 15) is 18.0 Å². The molecule has 4 rings (SSSR count). The van der Waals surface area contributed by atoms with E-state index in [-0.39, 0.29) is 45.4 Å². The van der Waals surface area contributed by atoms with Crippen LogP contribution in [0.1, 0.15) is 30.5 Å². The Balaban J connectivity index is 1.83. The minimum Gasteiger partial charge on any atom is -0.354 e. The Labute approximate surface area is 275 Å². The number of benzene rings is 4. The fraction of sp³-hybridized carbons (Fsp3) is 0.257. The first kappa shape index (κ1) is 34.0. The van der Waals surface area contributed by atoms with Crippen LogP contribution in [-0.2, 0) is 32.6 Å². The zero-order chi connectivity index (χ0) is 32.6. The van der Waals surface area contributed by atoms with Crippen LogP contribution >= 0.6 is 23.2 Å². The number of anilines is 1. The lowest BCUT2D eigenvalue weighted by molar-refractivity contribution is -0.140. The molecule has 0 heterocycles. The molecule has 0 aliphatic carbocycles. The smallest absolute Gasteiger partial charge is 0.264 e. The van der Waals surface area contributed by atoms with Crippen LogP contribution in [0.2, 0.25) is 10.0 Å². The molecule has 7 nitrogen and oxygen atoms in total. The monoisotopic (exact) mass is 665 g/mol. The molecule has 0 spiro atoms. The largest absolute Gasteiger partial charge is 0.354 e. The summed E-state index contributed by atoms with van der Waals surface area (Å²) in [7, 11) is -4.29. The molecule has 0 fully saturated rings. The van der Waals surface area contributed by atoms with Gasteiger partial charge in [-0.15, -0.1) is 0 Å². The van der Waals surface area contributed by atoms with Crippen LogP contribution in [-0.4, -0.2) is 44.3 Å². The van der Waals surface area contributed by atoms with Crippen LogP contribution in [0.15, 0.2) is 108 Å². The highest BCUT2D eigenvalue weighted by Crippen LogP contribution is 2.33. The lowest BCUT2D eigenvalue weighted by Crippen LogP contribution is -2.53. The molecule has 45 heavy (non-hydrogen) atoms. The van der Waals surface area contributed by atoms with Crippen molar-refractivity contribution in [2.45, 2.75) is 44.7 Å². The van der Waals surface area contributed by atoms with E-state index in [4.69, 9.17) is 23.2 Å². The molecule has 1 N–H and O–H groups in total. The van der Waals surface area contributed by atoms with E-state index in [2.05, 4.69) is 5.32 Å². The molecule has 10 heteroatoms. The molecule has 0 aromatic heterocycles. The van der Waals surface area contributed by atoms with Gasteiger partial charge in [0.15, 0.2) is 0 Å². The van der Waals surface area contributed by atoms with Crippen LogP contribution < -0.4 is 9.62 Å². The van der Waals surface area contributed by atoms with Gasteiger partial charge in [-0.2, -0.15) is 0 Å². The first-order valence-electron chi connectivity index (χ1n) is 14.7. The van der Waals surface area contributed by atoms with Crippen LogP contribution in [0.3, 0.4) is 0 Å². The van der Waals surface area contributed by atoms with Crippen molar-refractivity contribution in [1.82, 2.24) is 10.2 Å². The third-order valence-corrected chi connectivity index (χ3v) is 9.67. The zero-order valence-electron chi connectivity index (χ0n) is 25.5. The maximum absolute atomic E-state index is 14.6. The minimum atomic E-state index is -4.29. The van der Waals surface area contributed by atoms with Gasteiger partial charge in [-0.1, -0.05) is 110 Å². The SMILES string of the molecule is Cc1ccccc1CN(C(=O)CN(c1cc(Cl)ccc1Cl)S(=O)(=O)c1ccccc1)[C@@H](Cc1ccccc1)C(=O)NCC(C)C. The molecule has 1 atom stereocenters. The molecule has 0 aliphatic heterocycles. The van der Waals surface area contributed by atoms with E-state index >= 15 is 0 Å². The maximum atomic E-state index is 14.6. The number of halogens is 2. The number of carbonyl (C=O) groups is 2. The van der Waals surface area contributed by atoms with Gasteiger partial charge in [-0.05, 0) is 59.9 Å². The highest BCUT2D eigenvalue weighted by molar-refractivity contribution is 7.92. The van der Waals surface area contributed by atoms with E-state index in [1.165, 1.54) is 29.2 Å². The maximum Gasteiger partial charge on any atom is 0.264 e. The Morgan fingerprint density at radius 2 is 1.47 bits per heavy atom. The molecule has 0 radical (unpaired) electrons. The van der Waals surface area contributed by atoms with Gasteiger partial charge < -0.3 is 10.2 Å². The van der Waals surface area contributed by atoms with Crippen LogP contribution in [0, 0.1) is 12.8 Å². The number of hydrogen-bond acceptors (Lipinski definition) is 4. The van der Waals surface area contributed by atoms with Gasteiger partial charge in [-0.25, -0.2) is 8.42 Å². The van der Waals surface area contributed by atoms with Crippen molar-refractivity contribution >= 4 is 50.7 Å². The van der Waals surface area contributed by atoms with Crippen molar-refractivity contribution in [2.24, 2.45) is 5.92 Å².